The molecule has 1 fully saturated rings. The van der Waals surface area contributed by atoms with Crippen LogP contribution in [0.5, 0.6) is 0 Å². The molecule has 0 bridgehead atoms. The SMILES string of the molecule is CC(NS(=O)(=O)Cc1ccccc1)C1CCN(CC(F)(F)F)CC1. The Morgan fingerprint density at radius 2 is 1.79 bits per heavy atom. The van der Waals surface area contributed by atoms with E-state index in [-0.39, 0.29) is 17.7 Å². The summed E-state index contributed by atoms with van der Waals surface area (Å²) in [5.74, 6) is -0.0366. The Morgan fingerprint density at radius 3 is 2.33 bits per heavy atom. The molecule has 1 aromatic rings. The molecule has 1 unspecified atom stereocenters. The van der Waals surface area contributed by atoms with Gasteiger partial charge in [-0.1, -0.05) is 30.3 Å². The summed E-state index contributed by atoms with van der Waals surface area (Å²) in [5.41, 5.74) is 0.706. The Labute approximate surface area is 141 Å². The van der Waals surface area contributed by atoms with Crippen LogP contribution in [0.15, 0.2) is 30.3 Å². The fourth-order valence-electron chi connectivity index (χ4n) is 3.08. The molecule has 24 heavy (non-hydrogen) atoms. The minimum absolute atomic E-state index is 0.0556. The van der Waals surface area contributed by atoms with Gasteiger partial charge in [-0.05, 0) is 44.3 Å². The molecule has 1 aromatic carbocycles. The number of rotatable bonds is 6. The van der Waals surface area contributed by atoms with E-state index in [1.54, 1.807) is 31.2 Å². The van der Waals surface area contributed by atoms with E-state index in [4.69, 9.17) is 0 Å². The molecule has 0 aliphatic carbocycles. The van der Waals surface area contributed by atoms with Crippen molar-refractivity contribution < 1.29 is 21.6 Å². The molecule has 1 atom stereocenters. The van der Waals surface area contributed by atoms with E-state index in [1.165, 1.54) is 4.90 Å². The second-order valence-corrected chi connectivity index (χ2v) is 8.13. The van der Waals surface area contributed by atoms with Crippen LogP contribution in [0.4, 0.5) is 13.2 Å². The largest absolute Gasteiger partial charge is 0.401 e. The third kappa shape index (κ3) is 6.41. The predicted molar refractivity (Wildman–Crippen MR) is 86.9 cm³/mol. The zero-order chi connectivity index (χ0) is 17.8. The van der Waals surface area contributed by atoms with Crippen molar-refractivity contribution >= 4 is 10.0 Å². The molecular weight excluding hydrogens is 341 g/mol. The van der Waals surface area contributed by atoms with Gasteiger partial charge in [-0.15, -0.1) is 0 Å². The molecule has 1 heterocycles. The molecule has 0 saturated carbocycles. The topological polar surface area (TPSA) is 49.4 Å². The molecule has 8 heteroatoms. The van der Waals surface area contributed by atoms with E-state index >= 15 is 0 Å². The van der Waals surface area contributed by atoms with Crippen LogP contribution in [0.25, 0.3) is 0 Å². The number of piperidine rings is 1. The molecule has 0 radical (unpaired) electrons. The molecule has 0 spiro atoms. The minimum Gasteiger partial charge on any atom is -0.295 e. The molecule has 1 aliphatic rings. The van der Waals surface area contributed by atoms with Crippen molar-refractivity contribution in [1.82, 2.24) is 9.62 Å². The number of sulfonamides is 1. The second kappa shape index (κ2) is 7.84. The lowest BCUT2D eigenvalue weighted by Gasteiger charge is -2.35. The van der Waals surface area contributed by atoms with Gasteiger partial charge in [0.2, 0.25) is 10.0 Å². The van der Waals surface area contributed by atoms with Gasteiger partial charge in [0.15, 0.2) is 0 Å². The maximum absolute atomic E-state index is 12.4. The van der Waals surface area contributed by atoms with Crippen LogP contribution in [0, 0.1) is 5.92 Å². The van der Waals surface area contributed by atoms with Crippen LogP contribution in [0.1, 0.15) is 25.3 Å². The van der Waals surface area contributed by atoms with Gasteiger partial charge in [0.25, 0.3) is 0 Å². The Balaban J connectivity index is 1.83. The van der Waals surface area contributed by atoms with E-state index in [0.29, 0.717) is 31.5 Å². The Bertz CT molecular complexity index is 612. The zero-order valence-electron chi connectivity index (χ0n) is 13.6. The van der Waals surface area contributed by atoms with Crippen molar-refractivity contribution in [3.63, 3.8) is 0 Å². The summed E-state index contributed by atoms with van der Waals surface area (Å²) in [6.45, 7) is 1.57. The van der Waals surface area contributed by atoms with Gasteiger partial charge < -0.3 is 0 Å². The van der Waals surface area contributed by atoms with Crippen LogP contribution in [0.2, 0.25) is 0 Å². The summed E-state index contributed by atoms with van der Waals surface area (Å²) in [4.78, 5) is 1.38. The van der Waals surface area contributed by atoms with Crippen molar-refractivity contribution in [2.45, 2.75) is 37.7 Å². The first-order chi connectivity index (χ1) is 11.1. The summed E-state index contributed by atoms with van der Waals surface area (Å²) >= 11 is 0. The fourth-order valence-corrected chi connectivity index (χ4v) is 4.55. The van der Waals surface area contributed by atoms with Gasteiger partial charge in [0, 0.05) is 6.04 Å². The van der Waals surface area contributed by atoms with Crippen molar-refractivity contribution in [3.8, 4) is 0 Å². The number of hydrogen-bond acceptors (Lipinski definition) is 3. The average Bonchev–Trinajstić information content (AvgIpc) is 2.46. The molecule has 1 aliphatic heterocycles. The van der Waals surface area contributed by atoms with E-state index in [1.807, 2.05) is 6.07 Å². The first-order valence-corrected chi connectivity index (χ1v) is 9.63. The van der Waals surface area contributed by atoms with Crippen molar-refractivity contribution in [2.24, 2.45) is 5.92 Å². The lowest BCUT2D eigenvalue weighted by atomic mass is 9.91. The van der Waals surface area contributed by atoms with E-state index in [0.717, 1.165) is 0 Å². The smallest absolute Gasteiger partial charge is 0.295 e. The van der Waals surface area contributed by atoms with E-state index < -0.39 is 22.7 Å². The number of alkyl halides is 3. The molecule has 0 aromatic heterocycles. The predicted octanol–water partition coefficient (Wildman–Crippen LogP) is 2.77. The average molecular weight is 364 g/mol. The maximum Gasteiger partial charge on any atom is 0.401 e. The summed E-state index contributed by atoms with van der Waals surface area (Å²) < 4.78 is 64.3. The highest BCUT2D eigenvalue weighted by molar-refractivity contribution is 7.88. The molecule has 1 N–H and O–H groups in total. The van der Waals surface area contributed by atoms with Crippen LogP contribution in [-0.4, -0.2) is 45.2 Å². The number of nitrogens with zero attached hydrogens (tertiary/aromatic N) is 1. The standard InChI is InChI=1S/C16H23F3N2O2S/c1-13(15-7-9-21(10-8-15)12-16(17,18)19)20-24(22,23)11-14-5-3-2-4-6-14/h2-6,13,15,20H,7-12H2,1H3. The maximum atomic E-state index is 12.4. The van der Waals surface area contributed by atoms with Crippen LogP contribution in [-0.2, 0) is 15.8 Å². The monoisotopic (exact) mass is 364 g/mol. The molecule has 1 saturated heterocycles. The number of hydrogen-bond donors (Lipinski definition) is 1. The van der Waals surface area contributed by atoms with Crippen molar-refractivity contribution in [2.75, 3.05) is 19.6 Å². The third-order valence-corrected chi connectivity index (χ3v) is 5.75. The van der Waals surface area contributed by atoms with E-state index in [2.05, 4.69) is 4.72 Å². The van der Waals surface area contributed by atoms with Gasteiger partial charge in [0.1, 0.15) is 0 Å². The first-order valence-electron chi connectivity index (χ1n) is 7.98. The van der Waals surface area contributed by atoms with Crippen LogP contribution in [0.3, 0.4) is 0 Å². The van der Waals surface area contributed by atoms with E-state index in [9.17, 15) is 21.6 Å². The number of nitrogens with one attached hydrogen (secondary N) is 1. The minimum atomic E-state index is -4.18. The van der Waals surface area contributed by atoms with Gasteiger partial charge in [-0.2, -0.15) is 13.2 Å². The lowest BCUT2D eigenvalue weighted by molar-refractivity contribution is -0.148. The highest BCUT2D eigenvalue weighted by atomic mass is 32.2. The molecule has 0 amide bonds. The van der Waals surface area contributed by atoms with Crippen molar-refractivity contribution in [3.05, 3.63) is 35.9 Å². The van der Waals surface area contributed by atoms with Gasteiger partial charge in [-0.25, -0.2) is 13.1 Å². The summed E-state index contributed by atoms with van der Waals surface area (Å²) in [7, 11) is -3.47. The highest BCUT2D eigenvalue weighted by Crippen LogP contribution is 2.24. The lowest BCUT2D eigenvalue weighted by Crippen LogP contribution is -2.46. The number of halogens is 3. The zero-order valence-corrected chi connectivity index (χ0v) is 14.4. The Hall–Kier alpha value is -1.12. The third-order valence-electron chi connectivity index (χ3n) is 4.31. The normalized spacial score (nSPS) is 19.3. The van der Waals surface area contributed by atoms with Gasteiger partial charge in [-0.3, -0.25) is 4.90 Å². The summed E-state index contributed by atoms with van der Waals surface area (Å²) in [6.07, 6.45) is -3.06. The summed E-state index contributed by atoms with van der Waals surface area (Å²) in [5, 5.41) is 0. The van der Waals surface area contributed by atoms with Gasteiger partial charge in [0.05, 0.1) is 12.3 Å². The Morgan fingerprint density at radius 1 is 1.21 bits per heavy atom. The first kappa shape index (κ1) is 19.2. The Kier molecular flexibility index (Phi) is 6.28. The molecular formula is C16H23F3N2O2S. The highest BCUT2D eigenvalue weighted by Gasteiger charge is 2.34. The van der Waals surface area contributed by atoms with Gasteiger partial charge >= 0.3 is 6.18 Å². The van der Waals surface area contributed by atoms with Crippen LogP contribution < -0.4 is 4.72 Å². The molecule has 4 nitrogen and oxygen atoms in total. The molecule has 2 rings (SSSR count). The second-order valence-electron chi connectivity index (χ2n) is 6.38. The number of benzene rings is 1. The quantitative estimate of drug-likeness (QED) is 0.844. The number of likely N-dealkylation sites (tertiary alicyclic amines) is 1. The van der Waals surface area contributed by atoms with Crippen LogP contribution >= 0.6 is 0 Å². The van der Waals surface area contributed by atoms with Crippen molar-refractivity contribution in [1.29, 1.82) is 0 Å². The fraction of sp³-hybridized carbons (Fsp3) is 0.625. The molecule has 136 valence electrons. The summed E-state index contributed by atoms with van der Waals surface area (Å²) in [6, 6.07) is 8.60.